The Hall–Kier alpha value is -1.51. The van der Waals surface area contributed by atoms with Gasteiger partial charge in [-0.2, -0.15) is 0 Å². The van der Waals surface area contributed by atoms with Gasteiger partial charge in [0, 0.05) is 5.92 Å². The molecule has 0 aliphatic heterocycles. The van der Waals surface area contributed by atoms with Gasteiger partial charge in [0.2, 0.25) is 5.91 Å². The van der Waals surface area contributed by atoms with Gasteiger partial charge in [-0.15, -0.1) is 0 Å². The summed E-state index contributed by atoms with van der Waals surface area (Å²) in [5.74, 6) is 1.67. The topological polar surface area (TPSA) is 38.3 Å². The van der Waals surface area contributed by atoms with Gasteiger partial charge < -0.3 is 10.1 Å². The average molecular weight is 247 g/mol. The molecule has 0 heterocycles. The third-order valence-corrected chi connectivity index (χ3v) is 3.39. The molecular formula is C15H21NO2. The summed E-state index contributed by atoms with van der Waals surface area (Å²) in [5, 5.41) is 3.15. The maximum Gasteiger partial charge on any atom is 0.223 e. The van der Waals surface area contributed by atoms with E-state index in [0.29, 0.717) is 5.92 Å². The maximum absolute atomic E-state index is 11.9. The SMILES string of the molecule is COc1ccc(C(NC(=O)C2CC2)C(C)C)cc1. The van der Waals surface area contributed by atoms with Gasteiger partial charge in [0.15, 0.2) is 0 Å². The Balaban J connectivity index is 2.09. The maximum atomic E-state index is 11.9. The fraction of sp³-hybridized carbons (Fsp3) is 0.533. The molecule has 1 aliphatic carbocycles. The quantitative estimate of drug-likeness (QED) is 0.868. The lowest BCUT2D eigenvalue weighted by atomic mass is 9.95. The van der Waals surface area contributed by atoms with Gasteiger partial charge in [-0.1, -0.05) is 26.0 Å². The van der Waals surface area contributed by atoms with E-state index in [1.54, 1.807) is 7.11 Å². The lowest BCUT2D eigenvalue weighted by Crippen LogP contribution is -2.32. The fourth-order valence-corrected chi connectivity index (χ4v) is 2.06. The zero-order valence-electron chi connectivity index (χ0n) is 11.3. The lowest BCUT2D eigenvalue weighted by Gasteiger charge is -2.23. The molecule has 0 aromatic heterocycles. The Morgan fingerprint density at radius 1 is 1.28 bits per heavy atom. The van der Waals surface area contributed by atoms with E-state index < -0.39 is 0 Å². The summed E-state index contributed by atoms with van der Waals surface area (Å²) >= 11 is 0. The Morgan fingerprint density at radius 2 is 1.89 bits per heavy atom. The second-order valence-corrected chi connectivity index (χ2v) is 5.28. The smallest absolute Gasteiger partial charge is 0.223 e. The largest absolute Gasteiger partial charge is 0.497 e. The number of ether oxygens (including phenoxy) is 1. The summed E-state index contributed by atoms with van der Waals surface area (Å²) in [7, 11) is 1.66. The van der Waals surface area contributed by atoms with Crippen molar-refractivity contribution in [1.82, 2.24) is 5.32 Å². The van der Waals surface area contributed by atoms with Crippen molar-refractivity contribution in [3.8, 4) is 5.75 Å². The summed E-state index contributed by atoms with van der Waals surface area (Å²) in [4.78, 5) is 11.9. The third kappa shape index (κ3) is 3.03. The number of hydrogen-bond donors (Lipinski definition) is 1. The monoisotopic (exact) mass is 247 g/mol. The van der Waals surface area contributed by atoms with Crippen LogP contribution in [0.15, 0.2) is 24.3 Å². The van der Waals surface area contributed by atoms with Crippen LogP contribution in [0.1, 0.15) is 38.3 Å². The Morgan fingerprint density at radius 3 is 2.33 bits per heavy atom. The van der Waals surface area contributed by atoms with Crippen molar-refractivity contribution in [3.05, 3.63) is 29.8 Å². The van der Waals surface area contributed by atoms with E-state index in [1.807, 2.05) is 24.3 Å². The van der Waals surface area contributed by atoms with Crippen LogP contribution in [0.4, 0.5) is 0 Å². The van der Waals surface area contributed by atoms with Gasteiger partial charge in [0.1, 0.15) is 5.75 Å². The highest BCUT2D eigenvalue weighted by molar-refractivity contribution is 5.81. The molecule has 0 spiro atoms. The standard InChI is InChI=1S/C15H21NO2/c1-10(2)14(16-15(17)12-4-5-12)11-6-8-13(18-3)9-7-11/h6-10,12,14H,4-5H2,1-3H3,(H,16,17). The van der Waals surface area contributed by atoms with Crippen LogP contribution in [-0.4, -0.2) is 13.0 Å². The second kappa shape index (κ2) is 5.42. The van der Waals surface area contributed by atoms with Gasteiger partial charge >= 0.3 is 0 Å². The van der Waals surface area contributed by atoms with Crippen LogP contribution in [0.25, 0.3) is 0 Å². The van der Waals surface area contributed by atoms with Crippen LogP contribution in [0.2, 0.25) is 0 Å². The summed E-state index contributed by atoms with van der Waals surface area (Å²) in [6, 6.07) is 8.01. The highest BCUT2D eigenvalue weighted by atomic mass is 16.5. The molecule has 1 aliphatic rings. The molecule has 1 aromatic rings. The van der Waals surface area contributed by atoms with Crippen molar-refractivity contribution in [2.24, 2.45) is 11.8 Å². The molecule has 0 saturated heterocycles. The molecule has 1 fully saturated rings. The van der Waals surface area contributed by atoms with Crippen LogP contribution in [-0.2, 0) is 4.79 Å². The van der Waals surface area contributed by atoms with Crippen LogP contribution in [0, 0.1) is 11.8 Å². The number of carbonyl (C=O) groups is 1. The number of benzene rings is 1. The molecular weight excluding hydrogens is 226 g/mol. The van der Waals surface area contributed by atoms with Gasteiger partial charge in [-0.05, 0) is 36.5 Å². The predicted octanol–water partition coefficient (Wildman–Crippen LogP) is 2.92. The van der Waals surface area contributed by atoms with Crippen molar-refractivity contribution in [2.45, 2.75) is 32.7 Å². The first-order chi connectivity index (χ1) is 8.61. The number of methoxy groups -OCH3 is 1. The van der Waals surface area contributed by atoms with E-state index in [1.165, 1.54) is 0 Å². The molecule has 3 nitrogen and oxygen atoms in total. The number of amides is 1. The summed E-state index contributed by atoms with van der Waals surface area (Å²) in [6.07, 6.45) is 2.08. The van der Waals surface area contributed by atoms with Gasteiger partial charge in [0.05, 0.1) is 13.2 Å². The van der Waals surface area contributed by atoms with Gasteiger partial charge in [0.25, 0.3) is 0 Å². The average Bonchev–Trinajstić information content (AvgIpc) is 3.20. The highest BCUT2D eigenvalue weighted by Crippen LogP contribution is 2.31. The summed E-state index contributed by atoms with van der Waals surface area (Å²) in [5.41, 5.74) is 1.14. The Kier molecular flexibility index (Phi) is 3.90. The molecule has 1 aromatic carbocycles. The van der Waals surface area contributed by atoms with Crippen molar-refractivity contribution in [3.63, 3.8) is 0 Å². The van der Waals surface area contributed by atoms with E-state index in [9.17, 15) is 4.79 Å². The van der Waals surface area contributed by atoms with Crippen molar-refractivity contribution in [2.75, 3.05) is 7.11 Å². The zero-order valence-corrected chi connectivity index (χ0v) is 11.3. The number of rotatable bonds is 5. The van der Waals surface area contributed by atoms with E-state index in [0.717, 1.165) is 24.2 Å². The molecule has 1 amide bonds. The summed E-state index contributed by atoms with van der Waals surface area (Å²) in [6.45, 7) is 4.25. The first kappa shape index (κ1) is 12.9. The van der Waals surface area contributed by atoms with Crippen LogP contribution < -0.4 is 10.1 Å². The summed E-state index contributed by atoms with van der Waals surface area (Å²) < 4.78 is 5.15. The second-order valence-electron chi connectivity index (χ2n) is 5.28. The fourth-order valence-electron chi connectivity index (χ4n) is 2.06. The Bertz CT molecular complexity index is 407. The predicted molar refractivity (Wildman–Crippen MR) is 71.4 cm³/mol. The van der Waals surface area contributed by atoms with E-state index >= 15 is 0 Å². The van der Waals surface area contributed by atoms with Crippen LogP contribution >= 0.6 is 0 Å². The minimum Gasteiger partial charge on any atom is -0.497 e. The van der Waals surface area contributed by atoms with Crippen LogP contribution in [0.5, 0.6) is 5.75 Å². The molecule has 1 saturated carbocycles. The molecule has 1 unspecified atom stereocenters. The lowest BCUT2D eigenvalue weighted by molar-refractivity contribution is -0.123. The minimum absolute atomic E-state index is 0.0870. The van der Waals surface area contributed by atoms with Crippen molar-refractivity contribution in [1.29, 1.82) is 0 Å². The Labute approximate surface area is 109 Å². The molecule has 18 heavy (non-hydrogen) atoms. The number of carbonyl (C=O) groups excluding carboxylic acids is 1. The molecule has 3 heteroatoms. The van der Waals surface area contributed by atoms with Gasteiger partial charge in [-0.25, -0.2) is 0 Å². The number of hydrogen-bond acceptors (Lipinski definition) is 2. The first-order valence-corrected chi connectivity index (χ1v) is 6.56. The van der Waals surface area contributed by atoms with E-state index in [-0.39, 0.29) is 17.9 Å². The zero-order chi connectivity index (χ0) is 13.1. The molecule has 0 bridgehead atoms. The molecule has 2 rings (SSSR count). The number of nitrogens with one attached hydrogen (secondary N) is 1. The third-order valence-electron chi connectivity index (χ3n) is 3.39. The van der Waals surface area contributed by atoms with E-state index in [2.05, 4.69) is 19.2 Å². The molecule has 1 N–H and O–H groups in total. The first-order valence-electron chi connectivity index (χ1n) is 6.56. The highest BCUT2D eigenvalue weighted by Gasteiger charge is 2.31. The van der Waals surface area contributed by atoms with Crippen molar-refractivity contribution >= 4 is 5.91 Å². The molecule has 98 valence electrons. The van der Waals surface area contributed by atoms with Crippen LogP contribution in [0.3, 0.4) is 0 Å². The van der Waals surface area contributed by atoms with Crippen molar-refractivity contribution < 1.29 is 9.53 Å². The molecule has 0 radical (unpaired) electrons. The van der Waals surface area contributed by atoms with E-state index in [4.69, 9.17) is 4.74 Å². The normalized spacial score (nSPS) is 16.4. The molecule has 1 atom stereocenters. The van der Waals surface area contributed by atoms with Gasteiger partial charge in [-0.3, -0.25) is 4.79 Å². The minimum atomic E-state index is 0.0870.